The van der Waals surface area contributed by atoms with Gasteiger partial charge in [0.2, 0.25) is 0 Å². The van der Waals surface area contributed by atoms with Crippen molar-refractivity contribution in [2.24, 2.45) is 0 Å². The highest BCUT2D eigenvalue weighted by Crippen LogP contribution is 2.18. The Morgan fingerprint density at radius 1 is 1.28 bits per heavy atom. The number of aromatic nitrogens is 2. The van der Waals surface area contributed by atoms with Gasteiger partial charge in [-0.1, -0.05) is 13.0 Å². The van der Waals surface area contributed by atoms with Crippen LogP contribution in [0.25, 0.3) is 0 Å². The SMILES string of the molecule is CCNc1cccc(NCC(C)c2nccs2)n1. The Labute approximate surface area is 111 Å². The van der Waals surface area contributed by atoms with Gasteiger partial charge in [-0.05, 0) is 19.1 Å². The lowest BCUT2D eigenvalue weighted by atomic mass is 10.2. The van der Waals surface area contributed by atoms with Gasteiger partial charge < -0.3 is 10.6 Å². The van der Waals surface area contributed by atoms with Crippen LogP contribution in [0.5, 0.6) is 0 Å². The molecule has 1 atom stereocenters. The van der Waals surface area contributed by atoms with Crippen LogP contribution in [-0.2, 0) is 0 Å². The van der Waals surface area contributed by atoms with Gasteiger partial charge in [0.25, 0.3) is 0 Å². The van der Waals surface area contributed by atoms with Crippen LogP contribution in [0.4, 0.5) is 11.6 Å². The summed E-state index contributed by atoms with van der Waals surface area (Å²) >= 11 is 1.69. The molecule has 0 aliphatic carbocycles. The minimum atomic E-state index is 0.398. The van der Waals surface area contributed by atoms with E-state index in [9.17, 15) is 0 Å². The predicted molar refractivity (Wildman–Crippen MR) is 77.4 cm³/mol. The zero-order chi connectivity index (χ0) is 12.8. The van der Waals surface area contributed by atoms with Gasteiger partial charge in [-0.2, -0.15) is 0 Å². The predicted octanol–water partition coefficient (Wildman–Crippen LogP) is 3.19. The highest BCUT2D eigenvalue weighted by molar-refractivity contribution is 7.09. The van der Waals surface area contributed by atoms with Crippen molar-refractivity contribution >= 4 is 23.0 Å². The summed E-state index contributed by atoms with van der Waals surface area (Å²) in [5.74, 6) is 2.20. The van der Waals surface area contributed by atoms with Crippen molar-refractivity contribution in [3.8, 4) is 0 Å². The van der Waals surface area contributed by atoms with Crippen LogP contribution in [0.2, 0.25) is 0 Å². The van der Waals surface area contributed by atoms with E-state index in [1.165, 1.54) is 0 Å². The molecule has 2 aromatic heterocycles. The van der Waals surface area contributed by atoms with E-state index in [1.807, 2.05) is 29.8 Å². The van der Waals surface area contributed by atoms with Crippen molar-refractivity contribution in [2.45, 2.75) is 19.8 Å². The molecule has 0 saturated carbocycles. The van der Waals surface area contributed by atoms with Gasteiger partial charge in [0.1, 0.15) is 11.6 Å². The molecule has 2 N–H and O–H groups in total. The number of pyridine rings is 1. The van der Waals surface area contributed by atoms with E-state index in [4.69, 9.17) is 0 Å². The van der Waals surface area contributed by atoms with E-state index in [0.29, 0.717) is 5.92 Å². The maximum atomic E-state index is 4.48. The molecule has 1 unspecified atom stereocenters. The lowest BCUT2D eigenvalue weighted by Gasteiger charge is -2.11. The molecule has 0 fully saturated rings. The van der Waals surface area contributed by atoms with Gasteiger partial charge in [-0.3, -0.25) is 0 Å². The van der Waals surface area contributed by atoms with Gasteiger partial charge >= 0.3 is 0 Å². The van der Waals surface area contributed by atoms with Crippen molar-refractivity contribution in [1.82, 2.24) is 9.97 Å². The van der Waals surface area contributed by atoms with Crippen molar-refractivity contribution in [3.05, 3.63) is 34.8 Å². The first-order valence-corrected chi connectivity index (χ1v) is 7.01. The number of thiazole rings is 1. The van der Waals surface area contributed by atoms with E-state index < -0.39 is 0 Å². The molecule has 0 amide bonds. The molecule has 18 heavy (non-hydrogen) atoms. The first-order chi connectivity index (χ1) is 8.79. The molecule has 0 spiro atoms. The van der Waals surface area contributed by atoms with Crippen molar-refractivity contribution in [2.75, 3.05) is 23.7 Å². The molecule has 0 aromatic carbocycles. The third-order valence-electron chi connectivity index (χ3n) is 2.57. The molecule has 0 aliphatic rings. The average Bonchev–Trinajstić information content (AvgIpc) is 2.91. The van der Waals surface area contributed by atoms with Gasteiger partial charge in [0, 0.05) is 30.6 Å². The fourth-order valence-electron chi connectivity index (χ4n) is 1.64. The lowest BCUT2D eigenvalue weighted by molar-refractivity contribution is 0.792. The topological polar surface area (TPSA) is 49.8 Å². The molecule has 0 saturated heterocycles. The van der Waals surface area contributed by atoms with E-state index in [2.05, 4.69) is 34.4 Å². The van der Waals surface area contributed by atoms with Crippen molar-refractivity contribution in [1.29, 1.82) is 0 Å². The Hall–Kier alpha value is -1.62. The number of nitrogens with one attached hydrogen (secondary N) is 2. The van der Waals surface area contributed by atoms with Crippen LogP contribution in [0.3, 0.4) is 0 Å². The minimum absolute atomic E-state index is 0.398. The van der Waals surface area contributed by atoms with E-state index in [-0.39, 0.29) is 0 Å². The summed E-state index contributed by atoms with van der Waals surface area (Å²) in [6, 6.07) is 5.95. The Morgan fingerprint density at radius 3 is 2.72 bits per heavy atom. The molecule has 5 heteroatoms. The van der Waals surface area contributed by atoms with Crippen LogP contribution in [0, 0.1) is 0 Å². The fraction of sp³-hybridized carbons (Fsp3) is 0.385. The summed E-state index contributed by atoms with van der Waals surface area (Å²) in [7, 11) is 0. The lowest BCUT2D eigenvalue weighted by Crippen LogP contribution is -2.11. The van der Waals surface area contributed by atoms with E-state index >= 15 is 0 Å². The van der Waals surface area contributed by atoms with Gasteiger partial charge in [0.15, 0.2) is 0 Å². The van der Waals surface area contributed by atoms with Gasteiger partial charge in [-0.25, -0.2) is 9.97 Å². The molecule has 2 rings (SSSR count). The second-order valence-corrected chi connectivity index (χ2v) is 5.02. The Balaban J connectivity index is 1.91. The second-order valence-electron chi connectivity index (χ2n) is 4.09. The van der Waals surface area contributed by atoms with Gasteiger partial charge in [0.05, 0.1) is 5.01 Å². The zero-order valence-electron chi connectivity index (χ0n) is 10.7. The normalized spacial score (nSPS) is 12.1. The van der Waals surface area contributed by atoms with E-state index in [0.717, 1.165) is 29.7 Å². The largest absolute Gasteiger partial charge is 0.370 e. The summed E-state index contributed by atoms with van der Waals surface area (Å²) in [6.07, 6.45) is 1.85. The van der Waals surface area contributed by atoms with Crippen LogP contribution >= 0.6 is 11.3 Å². The number of hydrogen-bond donors (Lipinski definition) is 2. The summed E-state index contributed by atoms with van der Waals surface area (Å²) in [5, 5.41) is 9.72. The number of hydrogen-bond acceptors (Lipinski definition) is 5. The Kier molecular flexibility index (Phi) is 4.52. The smallest absolute Gasteiger partial charge is 0.128 e. The molecule has 0 aliphatic heterocycles. The Morgan fingerprint density at radius 2 is 2.06 bits per heavy atom. The molecule has 2 aromatic rings. The van der Waals surface area contributed by atoms with Gasteiger partial charge in [-0.15, -0.1) is 11.3 Å². The van der Waals surface area contributed by atoms with Crippen LogP contribution < -0.4 is 10.6 Å². The molecule has 0 radical (unpaired) electrons. The maximum Gasteiger partial charge on any atom is 0.128 e. The average molecular weight is 262 g/mol. The van der Waals surface area contributed by atoms with Crippen LogP contribution in [0.15, 0.2) is 29.8 Å². The molecule has 4 nitrogen and oxygen atoms in total. The molecule has 2 heterocycles. The first-order valence-electron chi connectivity index (χ1n) is 6.13. The summed E-state index contributed by atoms with van der Waals surface area (Å²) < 4.78 is 0. The molecular formula is C13H18N4S. The third-order valence-corrected chi connectivity index (χ3v) is 3.58. The third kappa shape index (κ3) is 3.43. The van der Waals surface area contributed by atoms with Crippen molar-refractivity contribution < 1.29 is 0 Å². The monoisotopic (exact) mass is 262 g/mol. The summed E-state index contributed by atoms with van der Waals surface area (Å²) in [5.41, 5.74) is 0. The molecule has 0 bridgehead atoms. The summed E-state index contributed by atoms with van der Waals surface area (Å²) in [6.45, 7) is 5.95. The summed E-state index contributed by atoms with van der Waals surface area (Å²) in [4.78, 5) is 8.80. The Bertz CT molecular complexity index is 470. The standard InChI is InChI=1S/C13H18N4S/c1-3-14-11-5-4-6-12(17-11)16-9-10(2)13-15-7-8-18-13/h4-8,10H,3,9H2,1-2H3,(H2,14,16,17). The zero-order valence-corrected chi connectivity index (χ0v) is 11.5. The highest BCUT2D eigenvalue weighted by atomic mass is 32.1. The van der Waals surface area contributed by atoms with Crippen LogP contribution in [-0.4, -0.2) is 23.1 Å². The number of anilines is 2. The maximum absolute atomic E-state index is 4.48. The minimum Gasteiger partial charge on any atom is -0.370 e. The molecule has 96 valence electrons. The van der Waals surface area contributed by atoms with E-state index in [1.54, 1.807) is 11.3 Å². The second kappa shape index (κ2) is 6.35. The highest BCUT2D eigenvalue weighted by Gasteiger charge is 2.07. The quantitative estimate of drug-likeness (QED) is 0.839. The number of nitrogens with zero attached hydrogens (tertiary/aromatic N) is 2. The first kappa shape index (κ1) is 12.8. The molecular weight excluding hydrogens is 244 g/mol. The fourth-order valence-corrected chi connectivity index (χ4v) is 2.33. The van der Waals surface area contributed by atoms with Crippen molar-refractivity contribution in [3.63, 3.8) is 0 Å². The number of rotatable bonds is 6. The van der Waals surface area contributed by atoms with Crippen LogP contribution in [0.1, 0.15) is 24.8 Å².